The van der Waals surface area contributed by atoms with E-state index in [2.05, 4.69) is 39.8 Å². The molecular formula is C28H42N4O4. The minimum atomic E-state index is -0.436. The normalized spacial score (nSPS) is 22.9. The topological polar surface area (TPSA) is 91.0 Å². The van der Waals surface area contributed by atoms with Crippen LogP contribution in [0.2, 0.25) is 0 Å². The average Bonchev–Trinajstić information content (AvgIpc) is 2.84. The number of nitrogens with one attached hydrogen (secondary N) is 2. The summed E-state index contributed by atoms with van der Waals surface area (Å²) >= 11 is 0. The van der Waals surface area contributed by atoms with Crippen LogP contribution in [0.4, 0.5) is 10.5 Å². The van der Waals surface area contributed by atoms with E-state index >= 15 is 0 Å². The van der Waals surface area contributed by atoms with Crippen molar-refractivity contribution in [2.75, 3.05) is 38.0 Å². The molecule has 0 radical (unpaired) electrons. The average molecular weight is 499 g/mol. The molecule has 2 N–H and O–H groups in total. The molecule has 0 aromatic heterocycles. The zero-order valence-corrected chi connectivity index (χ0v) is 22.1. The Kier molecular flexibility index (Phi) is 8.54. The van der Waals surface area contributed by atoms with Gasteiger partial charge in [0, 0.05) is 25.2 Å². The summed E-state index contributed by atoms with van der Waals surface area (Å²) < 4.78 is 5.51. The van der Waals surface area contributed by atoms with E-state index in [0.717, 1.165) is 64.1 Å². The third-order valence-electron chi connectivity index (χ3n) is 7.67. The Morgan fingerprint density at radius 2 is 1.67 bits per heavy atom. The number of amides is 3. The van der Waals surface area contributed by atoms with Crippen molar-refractivity contribution in [3.05, 3.63) is 29.8 Å². The van der Waals surface area contributed by atoms with Gasteiger partial charge in [-0.2, -0.15) is 0 Å². The summed E-state index contributed by atoms with van der Waals surface area (Å²) in [4.78, 5) is 40.0. The van der Waals surface area contributed by atoms with E-state index in [9.17, 15) is 14.4 Å². The summed E-state index contributed by atoms with van der Waals surface area (Å²) in [6, 6.07) is 8.10. The molecule has 3 saturated heterocycles. The molecule has 3 aliphatic heterocycles. The van der Waals surface area contributed by atoms with Gasteiger partial charge in [0.15, 0.2) is 0 Å². The molecule has 0 spiro atoms. The molecule has 4 rings (SSSR count). The van der Waals surface area contributed by atoms with Crippen LogP contribution in [0.3, 0.4) is 0 Å². The molecule has 0 aliphatic carbocycles. The standard InChI is InChI=1S/C28H42N4O4/c1-28(2,3)36-27(35)32-18-11-20(12-19-32)10-15-31-16-13-22(14-17-31)21-4-6-23(7-5-21)29-24-8-9-25(33)30-26(24)34/h4-7,20,22,24,29H,8-19H2,1-3H3,(H,30,33,34). The molecule has 3 aliphatic rings. The fraction of sp³-hybridized carbons (Fsp3) is 0.679. The molecule has 3 fully saturated rings. The van der Waals surface area contributed by atoms with Crippen LogP contribution in [0, 0.1) is 5.92 Å². The maximum absolute atomic E-state index is 12.3. The smallest absolute Gasteiger partial charge is 0.410 e. The zero-order valence-electron chi connectivity index (χ0n) is 22.1. The van der Waals surface area contributed by atoms with Crippen molar-refractivity contribution < 1.29 is 19.1 Å². The van der Waals surface area contributed by atoms with Crippen LogP contribution in [-0.2, 0) is 14.3 Å². The van der Waals surface area contributed by atoms with Gasteiger partial charge in [-0.25, -0.2) is 4.79 Å². The molecule has 36 heavy (non-hydrogen) atoms. The SMILES string of the molecule is CC(C)(C)OC(=O)N1CCC(CCN2CCC(c3ccc(NC4CCC(=O)NC4=O)cc3)CC2)CC1. The van der Waals surface area contributed by atoms with Gasteiger partial charge in [-0.05, 0) is 108 Å². The Bertz CT molecular complexity index is 910. The molecule has 0 bridgehead atoms. The van der Waals surface area contributed by atoms with E-state index in [1.807, 2.05) is 25.7 Å². The highest BCUT2D eigenvalue weighted by atomic mass is 16.6. The lowest BCUT2D eigenvalue weighted by atomic mass is 9.88. The van der Waals surface area contributed by atoms with Crippen molar-refractivity contribution in [2.24, 2.45) is 5.92 Å². The Balaban J connectivity index is 1.14. The molecule has 198 valence electrons. The number of imide groups is 1. The molecule has 1 aromatic carbocycles. The molecule has 3 heterocycles. The predicted octanol–water partition coefficient (Wildman–Crippen LogP) is 4.12. The molecule has 8 nitrogen and oxygen atoms in total. The van der Waals surface area contributed by atoms with Gasteiger partial charge in [-0.3, -0.25) is 14.9 Å². The molecule has 1 aromatic rings. The molecule has 3 amide bonds. The lowest BCUT2D eigenvalue weighted by molar-refractivity contribution is -0.133. The molecule has 1 unspecified atom stereocenters. The van der Waals surface area contributed by atoms with E-state index in [4.69, 9.17) is 4.74 Å². The van der Waals surface area contributed by atoms with Crippen LogP contribution in [0.1, 0.15) is 77.2 Å². The maximum atomic E-state index is 12.3. The largest absolute Gasteiger partial charge is 0.444 e. The van der Waals surface area contributed by atoms with Crippen LogP contribution in [0.5, 0.6) is 0 Å². The highest BCUT2D eigenvalue weighted by molar-refractivity contribution is 6.01. The first-order valence-corrected chi connectivity index (χ1v) is 13.6. The predicted molar refractivity (Wildman–Crippen MR) is 140 cm³/mol. The quantitative estimate of drug-likeness (QED) is 0.574. The van der Waals surface area contributed by atoms with Crippen molar-refractivity contribution in [3.63, 3.8) is 0 Å². The summed E-state index contributed by atoms with van der Waals surface area (Å²) in [5.41, 5.74) is 1.84. The van der Waals surface area contributed by atoms with Crippen molar-refractivity contribution >= 4 is 23.6 Å². The second kappa shape index (κ2) is 11.6. The highest BCUT2D eigenvalue weighted by Crippen LogP contribution is 2.30. The van der Waals surface area contributed by atoms with E-state index in [-0.39, 0.29) is 23.9 Å². The number of anilines is 1. The van der Waals surface area contributed by atoms with Gasteiger partial charge < -0.3 is 19.9 Å². The van der Waals surface area contributed by atoms with Crippen molar-refractivity contribution in [1.29, 1.82) is 0 Å². The first-order chi connectivity index (χ1) is 17.2. The van der Waals surface area contributed by atoms with E-state index in [1.54, 1.807) is 0 Å². The van der Waals surface area contributed by atoms with Gasteiger partial charge >= 0.3 is 6.09 Å². The van der Waals surface area contributed by atoms with E-state index in [1.165, 1.54) is 12.0 Å². The van der Waals surface area contributed by atoms with Crippen molar-refractivity contribution in [2.45, 2.75) is 83.3 Å². The Morgan fingerprint density at radius 3 is 2.28 bits per heavy atom. The number of carbonyl (C=O) groups is 3. The summed E-state index contributed by atoms with van der Waals surface area (Å²) in [7, 11) is 0. The number of rotatable bonds is 6. The van der Waals surface area contributed by atoms with Gasteiger partial charge in [-0.15, -0.1) is 0 Å². The van der Waals surface area contributed by atoms with Gasteiger partial charge in [0.05, 0.1) is 0 Å². The summed E-state index contributed by atoms with van der Waals surface area (Å²) in [5, 5.41) is 5.65. The molecular weight excluding hydrogens is 456 g/mol. The number of carbonyl (C=O) groups excluding carboxylic acids is 3. The summed E-state index contributed by atoms with van der Waals surface area (Å²) in [6.07, 6.45) is 6.40. The number of piperidine rings is 3. The second-order valence-corrected chi connectivity index (χ2v) is 11.6. The second-order valence-electron chi connectivity index (χ2n) is 11.6. The molecule has 8 heteroatoms. The van der Waals surface area contributed by atoms with Gasteiger partial charge in [-0.1, -0.05) is 12.1 Å². The van der Waals surface area contributed by atoms with Crippen LogP contribution >= 0.6 is 0 Å². The number of ether oxygens (including phenoxy) is 1. The van der Waals surface area contributed by atoms with Crippen LogP contribution in [-0.4, -0.2) is 72.1 Å². The van der Waals surface area contributed by atoms with Gasteiger partial charge in [0.25, 0.3) is 0 Å². The number of likely N-dealkylation sites (tertiary alicyclic amines) is 2. The molecule has 1 atom stereocenters. The van der Waals surface area contributed by atoms with Crippen molar-refractivity contribution in [1.82, 2.24) is 15.1 Å². The Hall–Kier alpha value is -2.61. The minimum Gasteiger partial charge on any atom is -0.444 e. The molecule has 0 saturated carbocycles. The number of nitrogens with zero attached hydrogens (tertiary/aromatic N) is 2. The van der Waals surface area contributed by atoms with E-state index in [0.29, 0.717) is 24.7 Å². The lowest BCUT2D eigenvalue weighted by Crippen LogP contribution is -2.47. The van der Waals surface area contributed by atoms with Crippen LogP contribution < -0.4 is 10.6 Å². The highest BCUT2D eigenvalue weighted by Gasteiger charge is 2.28. The minimum absolute atomic E-state index is 0.178. The maximum Gasteiger partial charge on any atom is 0.410 e. The summed E-state index contributed by atoms with van der Waals surface area (Å²) in [6.45, 7) is 10.7. The first kappa shape index (κ1) is 26.5. The van der Waals surface area contributed by atoms with Gasteiger partial charge in [0.2, 0.25) is 11.8 Å². The number of hydrogen-bond acceptors (Lipinski definition) is 6. The van der Waals surface area contributed by atoms with E-state index < -0.39 is 5.60 Å². The number of hydrogen-bond donors (Lipinski definition) is 2. The van der Waals surface area contributed by atoms with Crippen molar-refractivity contribution in [3.8, 4) is 0 Å². The Labute approximate surface area is 215 Å². The van der Waals surface area contributed by atoms with Crippen LogP contribution in [0.25, 0.3) is 0 Å². The summed E-state index contributed by atoms with van der Waals surface area (Å²) in [5.74, 6) is 0.827. The monoisotopic (exact) mass is 498 g/mol. The third-order valence-corrected chi connectivity index (χ3v) is 7.67. The lowest BCUT2D eigenvalue weighted by Gasteiger charge is -2.36. The Morgan fingerprint density at radius 1 is 1.00 bits per heavy atom. The number of benzene rings is 1. The zero-order chi connectivity index (χ0) is 25.7. The fourth-order valence-electron chi connectivity index (χ4n) is 5.47. The van der Waals surface area contributed by atoms with Crippen LogP contribution in [0.15, 0.2) is 24.3 Å². The fourth-order valence-corrected chi connectivity index (χ4v) is 5.47. The third kappa shape index (κ3) is 7.45. The van der Waals surface area contributed by atoms with Gasteiger partial charge in [0.1, 0.15) is 11.6 Å². The first-order valence-electron chi connectivity index (χ1n) is 13.6.